The number of anilines is 1. The van der Waals surface area contributed by atoms with E-state index in [4.69, 9.17) is 4.98 Å². The maximum absolute atomic E-state index is 13.1. The van der Waals surface area contributed by atoms with Crippen molar-refractivity contribution in [2.75, 3.05) is 39.0 Å². The smallest absolute Gasteiger partial charge is 0.240 e. The number of carbonyl (C=O) groups is 2. The number of nitrogens with one attached hydrogen (secondary N) is 1. The van der Waals surface area contributed by atoms with Gasteiger partial charge < -0.3 is 20.2 Å². The lowest BCUT2D eigenvalue weighted by Gasteiger charge is -2.53. The largest absolute Gasteiger partial charge is 0.392 e. The van der Waals surface area contributed by atoms with Gasteiger partial charge in [-0.3, -0.25) is 9.59 Å². The minimum atomic E-state index is -0.521. The number of likely N-dealkylation sites (tertiary alicyclic amines) is 1. The van der Waals surface area contributed by atoms with Crippen LogP contribution in [0.25, 0.3) is 0 Å². The third-order valence-electron chi connectivity index (χ3n) is 8.08. The highest BCUT2D eigenvalue weighted by atomic mass is 32.1. The van der Waals surface area contributed by atoms with Gasteiger partial charge in [-0.25, -0.2) is 4.98 Å². The fourth-order valence-corrected chi connectivity index (χ4v) is 7.73. The third-order valence-corrected chi connectivity index (χ3v) is 9.06. The Labute approximate surface area is 195 Å². The molecule has 2 N–H and O–H groups in total. The van der Waals surface area contributed by atoms with E-state index in [0.29, 0.717) is 11.7 Å². The first kappa shape index (κ1) is 23.6. The van der Waals surface area contributed by atoms with Crippen molar-refractivity contribution in [2.45, 2.75) is 64.9 Å². The average molecular weight is 463 g/mol. The molecule has 0 spiro atoms. The van der Waals surface area contributed by atoms with E-state index in [1.807, 2.05) is 30.8 Å². The van der Waals surface area contributed by atoms with Crippen molar-refractivity contribution in [2.24, 2.45) is 23.2 Å². The van der Waals surface area contributed by atoms with E-state index in [2.05, 4.69) is 19.2 Å². The Morgan fingerprint density at radius 2 is 2.03 bits per heavy atom. The number of carbonyl (C=O) groups excluding carboxylic acids is 2. The quantitative estimate of drug-likeness (QED) is 0.703. The van der Waals surface area contributed by atoms with Crippen LogP contribution < -0.4 is 5.32 Å². The molecule has 1 aliphatic heterocycles. The summed E-state index contributed by atoms with van der Waals surface area (Å²) in [4.78, 5) is 35.1. The molecule has 0 aromatic carbocycles. The van der Waals surface area contributed by atoms with Crippen LogP contribution in [0.4, 0.5) is 5.13 Å². The molecule has 3 aliphatic rings. The van der Waals surface area contributed by atoms with E-state index in [-0.39, 0.29) is 40.9 Å². The number of hydrogen-bond donors (Lipinski definition) is 2. The van der Waals surface area contributed by atoms with Gasteiger partial charge in [0.2, 0.25) is 11.8 Å². The minimum absolute atomic E-state index is 0.0110. The number of likely N-dealkylation sites (N-methyl/N-ethyl adjacent to an activating group) is 1. The highest BCUT2D eigenvalue weighted by molar-refractivity contribution is 7.15. The van der Waals surface area contributed by atoms with Crippen LogP contribution in [0.15, 0.2) is 0 Å². The number of fused-ring (bicyclic) bond motifs is 2. The standard InChI is InChI=1S/C24H38N4O3S/c1-14(22(31)28-10-6-7-11-28)16-8-9-24(3)12-17-20(15(2)19(24)21(16)30)26-23(32-17)25-18(29)13-27(4)5/h14-16,19,21,30H,6-13H2,1-5H3,(H,25,26,29). The number of aliphatic hydroxyl groups is 1. The molecule has 6 unspecified atom stereocenters. The zero-order chi connectivity index (χ0) is 23.2. The lowest BCUT2D eigenvalue weighted by atomic mass is 9.53. The van der Waals surface area contributed by atoms with Crippen molar-refractivity contribution >= 4 is 28.3 Å². The molecular formula is C24H38N4O3S. The number of nitrogens with zero attached hydrogens (tertiary/aromatic N) is 3. The van der Waals surface area contributed by atoms with E-state index >= 15 is 0 Å². The van der Waals surface area contributed by atoms with Crippen LogP contribution in [-0.2, 0) is 16.0 Å². The molecule has 32 heavy (non-hydrogen) atoms. The molecule has 2 amide bonds. The molecular weight excluding hydrogens is 424 g/mol. The average Bonchev–Trinajstić information content (AvgIpc) is 3.36. The van der Waals surface area contributed by atoms with Crippen LogP contribution in [0.3, 0.4) is 0 Å². The van der Waals surface area contributed by atoms with Crippen LogP contribution in [0.2, 0.25) is 0 Å². The molecule has 2 fully saturated rings. The van der Waals surface area contributed by atoms with Crippen molar-refractivity contribution in [3.63, 3.8) is 0 Å². The van der Waals surface area contributed by atoms with Gasteiger partial charge >= 0.3 is 0 Å². The Morgan fingerprint density at radius 3 is 2.69 bits per heavy atom. The lowest BCUT2D eigenvalue weighted by molar-refractivity contribution is -0.143. The molecule has 2 aliphatic carbocycles. The lowest BCUT2D eigenvalue weighted by Crippen LogP contribution is -2.53. The molecule has 0 bridgehead atoms. The summed E-state index contributed by atoms with van der Waals surface area (Å²) in [5.41, 5.74) is 0.992. The summed E-state index contributed by atoms with van der Waals surface area (Å²) in [5.74, 6) is 0.132. The van der Waals surface area contributed by atoms with E-state index in [9.17, 15) is 14.7 Å². The summed E-state index contributed by atoms with van der Waals surface area (Å²) in [7, 11) is 3.74. The molecule has 0 radical (unpaired) electrons. The van der Waals surface area contributed by atoms with Gasteiger partial charge in [-0.05, 0) is 63.5 Å². The van der Waals surface area contributed by atoms with Gasteiger partial charge in [-0.1, -0.05) is 20.8 Å². The number of hydrogen-bond acceptors (Lipinski definition) is 6. The zero-order valence-corrected chi connectivity index (χ0v) is 20.9. The van der Waals surface area contributed by atoms with Crippen molar-refractivity contribution in [1.82, 2.24) is 14.8 Å². The van der Waals surface area contributed by atoms with Crippen LogP contribution in [0, 0.1) is 23.2 Å². The molecule has 178 valence electrons. The van der Waals surface area contributed by atoms with Gasteiger partial charge in [0, 0.05) is 29.8 Å². The highest BCUT2D eigenvalue weighted by Crippen LogP contribution is 2.57. The van der Waals surface area contributed by atoms with Gasteiger partial charge in [0.1, 0.15) is 0 Å². The Morgan fingerprint density at radius 1 is 1.34 bits per heavy atom. The number of rotatable bonds is 5. The second kappa shape index (κ2) is 9.03. The summed E-state index contributed by atoms with van der Waals surface area (Å²) in [5, 5.41) is 15.2. The normalized spacial score (nSPS) is 33.0. The van der Waals surface area contributed by atoms with Gasteiger partial charge in [0.25, 0.3) is 0 Å². The van der Waals surface area contributed by atoms with Gasteiger partial charge in [-0.2, -0.15) is 0 Å². The zero-order valence-electron chi connectivity index (χ0n) is 20.1. The minimum Gasteiger partial charge on any atom is -0.392 e. The Balaban J connectivity index is 1.53. The molecule has 6 atom stereocenters. The summed E-state index contributed by atoms with van der Waals surface area (Å²) >= 11 is 1.57. The van der Waals surface area contributed by atoms with Crippen LogP contribution in [0.5, 0.6) is 0 Å². The predicted octanol–water partition coefficient (Wildman–Crippen LogP) is 2.95. The maximum atomic E-state index is 13.1. The second-order valence-electron chi connectivity index (χ2n) is 10.8. The third kappa shape index (κ3) is 4.33. The van der Waals surface area contributed by atoms with Crippen molar-refractivity contribution in [1.29, 1.82) is 0 Å². The number of thiazole rings is 1. The van der Waals surface area contributed by atoms with E-state index < -0.39 is 6.10 Å². The Hall–Kier alpha value is -1.51. The van der Waals surface area contributed by atoms with Crippen LogP contribution in [-0.4, -0.2) is 71.5 Å². The number of amides is 2. The van der Waals surface area contributed by atoms with Crippen molar-refractivity contribution in [3.05, 3.63) is 10.6 Å². The fourth-order valence-electron chi connectivity index (χ4n) is 6.45. The Kier molecular flexibility index (Phi) is 6.67. The molecule has 4 rings (SSSR count). The molecule has 1 saturated heterocycles. The fraction of sp³-hybridized carbons (Fsp3) is 0.792. The first-order chi connectivity index (χ1) is 15.1. The summed E-state index contributed by atoms with van der Waals surface area (Å²) in [6, 6.07) is 0. The number of aliphatic hydroxyl groups excluding tert-OH is 1. The second-order valence-corrected chi connectivity index (χ2v) is 11.9. The molecule has 1 aromatic heterocycles. The maximum Gasteiger partial charge on any atom is 0.240 e. The van der Waals surface area contributed by atoms with Crippen LogP contribution >= 0.6 is 11.3 Å². The summed E-state index contributed by atoms with van der Waals surface area (Å²) in [6.07, 6.45) is 4.40. The molecule has 2 heterocycles. The van der Waals surface area contributed by atoms with Gasteiger partial charge in [0.05, 0.1) is 18.3 Å². The summed E-state index contributed by atoms with van der Waals surface area (Å²) < 4.78 is 0. The topological polar surface area (TPSA) is 85.8 Å². The molecule has 7 nitrogen and oxygen atoms in total. The first-order valence-corrected chi connectivity index (χ1v) is 12.8. The molecule has 1 saturated carbocycles. The Bertz CT molecular complexity index is 865. The van der Waals surface area contributed by atoms with E-state index in [1.54, 1.807) is 11.3 Å². The first-order valence-electron chi connectivity index (χ1n) is 12.0. The highest BCUT2D eigenvalue weighted by Gasteiger charge is 2.54. The SMILES string of the molecule is CC(C(=O)N1CCCC1)C1CCC2(C)Cc3sc(NC(=O)CN(C)C)nc3C(C)C2C1O. The van der Waals surface area contributed by atoms with Crippen molar-refractivity contribution in [3.8, 4) is 0 Å². The van der Waals surface area contributed by atoms with E-state index in [1.165, 1.54) is 4.88 Å². The van der Waals surface area contributed by atoms with E-state index in [0.717, 1.165) is 50.9 Å². The summed E-state index contributed by atoms with van der Waals surface area (Å²) in [6.45, 7) is 8.49. The monoisotopic (exact) mass is 462 g/mol. The number of aromatic nitrogens is 1. The van der Waals surface area contributed by atoms with Gasteiger partial charge in [-0.15, -0.1) is 11.3 Å². The van der Waals surface area contributed by atoms with Gasteiger partial charge in [0.15, 0.2) is 5.13 Å². The molecule has 8 heteroatoms. The van der Waals surface area contributed by atoms with Crippen molar-refractivity contribution < 1.29 is 14.7 Å². The molecule has 1 aromatic rings. The van der Waals surface area contributed by atoms with Crippen LogP contribution in [0.1, 0.15) is 62.9 Å². The predicted molar refractivity (Wildman–Crippen MR) is 127 cm³/mol.